The normalized spacial score (nSPS) is 10.4. The lowest BCUT2D eigenvalue weighted by Crippen LogP contribution is -1.87. The number of halogens is 2. The van der Waals surface area contributed by atoms with Crippen LogP contribution in [0.4, 0.5) is 4.39 Å². The van der Waals surface area contributed by atoms with E-state index in [1.165, 1.54) is 6.07 Å². The fourth-order valence-electron chi connectivity index (χ4n) is 1.61. The van der Waals surface area contributed by atoms with Crippen molar-refractivity contribution in [2.45, 2.75) is 12.8 Å². The molecule has 2 aromatic carbocycles. The second-order valence-electron chi connectivity index (χ2n) is 3.81. The molecule has 2 heteroatoms. The minimum atomic E-state index is -0.210. The van der Waals surface area contributed by atoms with E-state index < -0.39 is 0 Å². The first-order chi connectivity index (χ1) is 7.70. The van der Waals surface area contributed by atoms with E-state index >= 15 is 0 Å². The summed E-state index contributed by atoms with van der Waals surface area (Å²) in [6, 6.07) is 12.8. The third-order valence-electron chi connectivity index (χ3n) is 2.55. The molecule has 0 aliphatic carbocycles. The van der Waals surface area contributed by atoms with Crippen LogP contribution in [0.2, 0.25) is 0 Å². The van der Waals surface area contributed by atoms with Crippen LogP contribution in [-0.4, -0.2) is 0 Å². The number of aryl methyl sites for hydroxylation is 1. The molecule has 0 aromatic heterocycles. The van der Waals surface area contributed by atoms with Gasteiger partial charge in [-0.15, -0.1) is 11.6 Å². The molecule has 0 N–H and O–H groups in total. The fourth-order valence-corrected chi connectivity index (χ4v) is 1.78. The molecule has 0 saturated carbocycles. The zero-order valence-electron chi connectivity index (χ0n) is 9.00. The molecule has 0 unspecified atom stereocenters. The van der Waals surface area contributed by atoms with Crippen LogP contribution in [0.3, 0.4) is 0 Å². The van der Waals surface area contributed by atoms with Crippen LogP contribution in [-0.2, 0) is 5.88 Å². The van der Waals surface area contributed by atoms with Crippen molar-refractivity contribution in [2.24, 2.45) is 0 Å². The van der Waals surface area contributed by atoms with Crippen molar-refractivity contribution in [3.05, 3.63) is 59.4 Å². The van der Waals surface area contributed by atoms with Crippen LogP contribution < -0.4 is 0 Å². The largest absolute Gasteiger partial charge is 0.206 e. The van der Waals surface area contributed by atoms with Gasteiger partial charge in [-0.2, -0.15) is 0 Å². The Morgan fingerprint density at radius 2 is 1.75 bits per heavy atom. The predicted molar refractivity (Wildman–Crippen MR) is 66.1 cm³/mol. The van der Waals surface area contributed by atoms with E-state index in [0.717, 1.165) is 16.7 Å². The van der Waals surface area contributed by atoms with Crippen molar-refractivity contribution in [3.8, 4) is 11.1 Å². The molecule has 2 rings (SSSR count). The van der Waals surface area contributed by atoms with Crippen molar-refractivity contribution < 1.29 is 4.39 Å². The van der Waals surface area contributed by atoms with Crippen molar-refractivity contribution in [2.75, 3.05) is 0 Å². The van der Waals surface area contributed by atoms with E-state index in [1.54, 1.807) is 12.1 Å². The Labute approximate surface area is 99.7 Å². The second-order valence-corrected chi connectivity index (χ2v) is 4.08. The van der Waals surface area contributed by atoms with Gasteiger partial charge in [-0.3, -0.25) is 0 Å². The van der Waals surface area contributed by atoms with E-state index in [4.69, 9.17) is 11.6 Å². The summed E-state index contributed by atoms with van der Waals surface area (Å²) in [4.78, 5) is 0. The second kappa shape index (κ2) is 4.67. The molecule has 0 bridgehead atoms. The highest BCUT2D eigenvalue weighted by Crippen LogP contribution is 2.24. The molecule has 0 atom stereocenters. The molecule has 82 valence electrons. The summed E-state index contributed by atoms with van der Waals surface area (Å²) in [5, 5.41) is 0. The van der Waals surface area contributed by atoms with Gasteiger partial charge in [-0.25, -0.2) is 4.39 Å². The predicted octanol–water partition coefficient (Wildman–Crippen LogP) is 4.54. The average Bonchev–Trinajstić information content (AvgIpc) is 2.31. The summed E-state index contributed by atoms with van der Waals surface area (Å²) in [7, 11) is 0. The highest BCUT2D eigenvalue weighted by atomic mass is 35.5. The summed E-state index contributed by atoms with van der Waals surface area (Å²) >= 11 is 5.74. The van der Waals surface area contributed by atoms with Gasteiger partial charge in [-0.05, 0) is 30.2 Å². The monoisotopic (exact) mass is 234 g/mol. The maximum atomic E-state index is 13.6. The molecule has 16 heavy (non-hydrogen) atoms. The Bertz CT molecular complexity index is 489. The van der Waals surface area contributed by atoms with Crippen molar-refractivity contribution in [1.29, 1.82) is 0 Å². The van der Waals surface area contributed by atoms with Gasteiger partial charge >= 0.3 is 0 Å². The number of hydrogen-bond donors (Lipinski definition) is 0. The van der Waals surface area contributed by atoms with Crippen LogP contribution in [0.5, 0.6) is 0 Å². The average molecular weight is 235 g/mol. The third kappa shape index (κ3) is 2.25. The van der Waals surface area contributed by atoms with Gasteiger partial charge in [0.15, 0.2) is 0 Å². The van der Waals surface area contributed by atoms with Crippen LogP contribution in [0, 0.1) is 12.7 Å². The smallest absolute Gasteiger partial charge is 0.131 e. The highest BCUT2D eigenvalue weighted by molar-refractivity contribution is 6.17. The molecule has 0 aliphatic heterocycles. The standard InChI is InChI=1S/C14H12ClF/c1-10-2-5-12(6-3-10)13-8-11(9-15)4-7-14(13)16/h2-8H,9H2,1H3. The molecule has 0 fully saturated rings. The number of benzene rings is 2. The van der Waals surface area contributed by atoms with E-state index in [0.29, 0.717) is 11.4 Å². The van der Waals surface area contributed by atoms with Crippen LogP contribution >= 0.6 is 11.6 Å². The number of hydrogen-bond acceptors (Lipinski definition) is 0. The molecular weight excluding hydrogens is 223 g/mol. The topological polar surface area (TPSA) is 0 Å². The maximum Gasteiger partial charge on any atom is 0.131 e. The van der Waals surface area contributed by atoms with Crippen molar-refractivity contribution in [3.63, 3.8) is 0 Å². The van der Waals surface area contributed by atoms with Crippen molar-refractivity contribution >= 4 is 11.6 Å². The summed E-state index contributed by atoms with van der Waals surface area (Å²) in [6.07, 6.45) is 0. The maximum absolute atomic E-state index is 13.6. The Hall–Kier alpha value is -1.34. The zero-order chi connectivity index (χ0) is 11.5. The van der Waals surface area contributed by atoms with Crippen molar-refractivity contribution in [1.82, 2.24) is 0 Å². The Balaban J connectivity index is 2.50. The lowest BCUT2D eigenvalue weighted by atomic mass is 10.0. The molecule has 0 amide bonds. The first kappa shape index (κ1) is 11.2. The quantitative estimate of drug-likeness (QED) is 0.670. The summed E-state index contributed by atoms with van der Waals surface area (Å²) in [5.41, 5.74) is 3.59. The first-order valence-electron chi connectivity index (χ1n) is 5.12. The molecular formula is C14H12ClF. The summed E-state index contributed by atoms with van der Waals surface area (Å²) < 4.78 is 13.6. The summed E-state index contributed by atoms with van der Waals surface area (Å²) in [5.74, 6) is 0.191. The molecule has 0 radical (unpaired) electrons. The fraction of sp³-hybridized carbons (Fsp3) is 0.143. The van der Waals surface area contributed by atoms with Crippen LogP contribution in [0.25, 0.3) is 11.1 Å². The van der Waals surface area contributed by atoms with E-state index in [9.17, 15) is 4.39 Å². The lowest BCUT2D eigenvalue weighted by Gasteiger charge is -2.06. The Morgan fingerprint density at radius 3 is 2.38 bits per heavy atom. The van der Waals surface area contributed by atoms with Gasteiger partial charge in [-0.1, -0.05) is 35.9 Å². The van der Waals surface area contributed by atoms with Crippen LogP contribution in [0.15, 0.2) is 42.5 Å². The lowest BCUT2D eigenvalue weighted by molar-refractivity contribution is 0.631. The zero-order valence-corrected chi connectivity index (χ0v) is 9.76. The van der Waals surface area contributed by atoms with E-state index in [-0.39, 0.29) is 5.82 Å². The van der Waals surface area contributed by atoms with Gasteiger partial charge in [0.1, 0.15) is 5.82 Å². The number of rotatable bonds is 2. The third-order valence-corrected chi connectivity index (χ3v) is 2.86. The Kier molecular flexibility index (Phi) is 3.25. The minimum absolute atomic E-state index is 0.210. The van der Waals surface area contributed by atoms with Gasteiger partial charge in [0, 0.05) is 11.4 Å². The summed E-state index contributed by atoms with van der Waals surface area (Å²) in [6.45, 7) is 2.01. The first-order valence-corrected chi connectivity index (χ1v) is 5.65. The molecule has 0 heterocycles. The van der Waals surface area contributed by atoms with E-state index in [2.05, 4.69) is 0 Å². The number of alkyl halides is 1. The molecule has 0 spiro atoms. The van der Waals surface area contributed by atoms with Gasteiger partial charge in [0.05, 0.1) is 0 Å². The highest BCUT2D eigenvalue weighted by Gasteiger charge is 2.05. The molecule has 0 nitrogen and oxygen atoms in total. The molecule has 0 aliphatic rings. The molecule has 0 saturated heterocycles. The van der Waals surface area contributed by atoms with E-state index in [1.807, 2.05) is 31.2 Å². The Morgan fingerprint density at radius 1 is 1.06 bits per heavy atom. The molecule has 2 aromatic rings. The minimum Gasteiger partial charge on any atom is -0.206 e. The van der Waals surface area contributed by atoms with Gasteiger partial charge in [0.25, 0.3) is 0 Å². The van der Waals surface area contributed by atoms with Crippen LogP contribution in [0.1, 0.15) is 11.1 Å². The van der Waals surface area contributed by atoms with Gasteiger partial charge < -0.3 is 0 Å². The SMILES string of the molecule is Cc1ccc(-c2cc(CCl)ccc2F)cc1. The van der Waals surface area contributed by atoms with Gasteiger partial charge in [0.2, 0.25) is 0 Å².